The SMILES string of the molecule is COc1ccc(-c2c(C)nc(NCC3CCCN3C)nc2C)c(F)c1. The minimum absolute atomic E-state index is 0.331. The zero-order valence-corrected chi connectivity index (χ0v) is 15.3. The molecule has 25 heavy (non-hydrogen) atoms. The fraction of sp³-hybridized carbons (Fsp3) is 0.474. The number of aryl methyl sites for hydroxylation is 2. The number of ether oxygens (including phenoxy) is 1. The summed E-state index contributed by atoms with van der Waals surface area (Å²) in [5.74, 6) is 0.770. The van der Waals surface area contributed by atoms with Crippen molar-refractivity contribution in [2.75, 3.05) is 32.6 Å². The number of methoxy groups -OCH3 is 1. The summed E-state index contributed by atoms with van der Waals surface area (Å²) >= 11 is 0. The number of likely N-dealkylation sites (N-methyl/N-ethyl adjacent to an activating group) is 1. The third kappa shape index (κ3) is 3.74. The van der Waals surface area contributed by atoms with Crippen molar-refractivity contribution >= 4 is 5.95 Å². The van der Waals surface area contributed by atoms with E-state index in [0.717, 1.165) is 30.0 Å². The fourth-order valence-electron chi connectivity index (χ4n) is 3.46. The summed E-state index contributed by atoms with van der Waals surface area (Å²) in [5.41, 5.74) is 2.76. The van der Waals surface area contributed by atoms with Crippen molar-refractivity contribution in [1.82, 2.24) is 14.9 Å². The van der Waals surface area contributed by atoms with Crippen molar-refractivity contribution in [3.05, 3.63) is 35.4 Å². The van der Waals surface area contributed by atoms with Gasteiger partial charge in [-0.15, -0.1) is 0 Å². The van der Waals surface area contributed by atoms with Crippen LogP contribution in [-0.4, -0.2) is 48.2 Å². The highest BCUT2D eigenvalue weighted by molar-refractivity contribution is 5.70. The van der Waals surface area contributed by atoms with Crippen LogP contribution in [0.4, 0.5) is 10.3 Å². The maximum absolute atomic E-state index is 14.4. The number of hydrogen-bond donors (Lipinski definition) is 1. The van der Waals surface area contributed by atoms with Gasteiger partial charge in [0.2, 0.25) is 5.95 Å². The van der Waals surface area contributed by atoms with Crippen LogP contribution in [0.5, 0.6) is 5.75 Å². The number of benzene rings is 1. The predicted molar refractivity (Wildman–Crippen MR) is 97.6 cm³/mol. The Morgan fingerprint density at radius 3 is 2.56 bits per heavy atom. The molecule has 0 radical (unpaired) electrons. The molecular weight excluding hydrogens is 319 g/mol. The van der Waals surface area contributed by atoms with Crippen molar-refractivity contribution in [2.24, 2.45) is 0 Å². The summed E-state index contributed by atoms with van der Waals surface area (Å²) in [4.78, 5) is 11.4. The van der Waals surface area contributed by atoms with Gasteiger partial charge in [-0.25, -0.2) is 14.4 Å². The van der Waals surface area contributed by atoms with Gasteiger partial charge in [0.05, 0.1) is 18.5 Å². The van der Waals surface area contributed by atoms with Gasteiger partial charge < -0.3 is 15.0 Å². The molecule has 134 valence electrons. The molecule has 0 spiro atoms. The Labute approximate surface area is 148 Å². The lowest BCUT2D eigenvalue weighted by molar-refractivity contribution is 0.322. The highest BCUT2D eigenvalue weighted by Crippen LogP contribution is 2.30. The molecule has 1 unspecified atom stereocenters. The molecule has 1 saturated heterocycles. The zero-order valence-electron chi connectivity index (χ0n) is 15.3. The minimum atomic E-state index is -0.331. The molecule has 1 fully saturated rings. The highest BCUT2D eigenvalue weighted by Gasteiger charge is 2.21. The van der Waals surface area contributed by atoms with Gasteiger partial charge in [-0.3, -0.25) is 0 Å². The van der Waals surface area contributed by atoms with E-state index in [4.69, 9.17) is 4.74 Å². The van der Waals surface area contributed by atoms with Gasteiger partial charge in [0.1, 0.15) is 11.6 Å². The number of nitrogens with zero attached hydrogens (tertiary/aromatic N) is 3. The molecule has 1 aromatic heterocycles. The van der Waals surface area contributed by atoms with Crippen LogP contribution < -0.4 is 10.1 Å². The number of rotatable bonds is 5. The summed E-state index contributed by atoms with van der Waals surface area (Å²) < 4.78 is 19.5. The van der Waals surface area contributed by atoms with E-state index in [-0.39, 0.29) is 5.82 Å². The van der Waals surface area contributed by atoms with Gasteiger partial charge in [-0.1, -0.05) is 0 Å². The topological polar surface area (TPSA) is 50.3 Å². The van der Waals surface area contributed by atoms with E-state index in [1.54, 1.807) is 12.1 Å². The fourth-order valence-corrected chi connectivity index (χ4v) is 3.46. The zero-order chi connectivity index (χ0) is 18.0. The van der Waals surface area contributed by atoms with Gasteiger partial charge in [0, 0.05) is 29.8 Å². The first-order chi connectivity index (χ1) is 12.0. The van der Waals surface area contributed by atoms with Crippen LogP contribution in [-0.2, 0) is 0 Å². The van der Waals surface area contributed by atoms with Gasteiger partial charge in [-0.2, -0.15) is 0 Å². The second-order valence-corrected chi connectivity index (χ2v) is 6.60. The second-order valence-electron chi connectivity index (χ2n) is 6.60. The van der Waals surface area contributed by atoms with E-state index in [1.165, 1.54) is 26.0 Å². The highest BCUT2D eigenvalue weighted by atomic mass is 19.1. The standard InChI is InChI=1S/C19H25FN4O/c1-12-18(16-8-7-15(25-4)10-17(16)20)13(2)23-19(22-12)21-11-14-6-5-9-24(14)3/h7-8,10,14H,5-6,9,11H2,1-4H3,(H,21,22,23). The lowest BCUT2D eigenvalue weighted by Crippen LogP contribution is -2.32. The van der Waals surface area contributed by atoms with Crippen molar-refractivity contribution in [3.8, 4) is 16.9 Å². The monoisotopic (exact) mass is 344 g/mol. The van der Waals surface area contributed by atoms with E-state index in [2.05, 4.69) is 27.2 Å². The molecule has 2 aromatic rings. The molecule has 1 aliphatic rings. The molecule has 1 N–H and O–H groups in total. The van der Waals surface area contributed by atoms with E-state index in [0.29, 0.717) is 23.3 Å². The third-order valence-electron chi connectivity index (χ3n) is 4.88. The smallest absolute Gasteiger partial charge is 0.223 e. The first-order valence-electron chi connectivity index (χ1n) is 8.63. The Hall–Kier alpha value is -2.21. The van der Waals surface area contributed by atoms with Crippen molar-refractivity contribution in [1.29, 1.82) is 0 Å². The molecule has 0 saturated carbocycles. The molecule has 1 atom stereocenters. The van der Waals surface area contributed by atoms with Gasteiger partial charge >= 0.3 is 0 Å². The largest absolute Gasteiger partial charge is 0.497 e. The Kier molecular flexibility index (Phi) is 5.18. The summed E-state index contributed by atoms with van der Waals surface area (Å²) in [5, 5.41) is 3.33. The molecule has 0 bridgehead atoms. The Morgan fingerprint density at radius 2 is 2.00 bits per heavy atom. The van der Waals surface area contributed by atoms with Crippen LogP contribution in [0.25, 0.3) is 11.1 Å². The average molecular weight is 344 g/mol. The summed E-state index contributed by atoms with van der Waals surface area (Å²) in [6.45, 7) is 5.74. The molecule has 3 rings (SSSR count). The minimum Gasteiger partial charge on any atom is -0.497 e. The van der Waals surface area contributed by atoms with E-state index < -0.39 is 0 Å². The quantitative estimate of drug-likeness (QED) is 0.901. The maximum Gasteiger partial charge on any atom is 0.223 e. The van der Waals surface area contributed by atoms with Gasteiger partial charge in [0.25, 0.3) is 0 Å². The lowest BCUT2D eigenvalue weighted by Gasteiger charge is -2.20. The van der Waals surface area contributed by atoms with E-state index in [1.807, 2.05) is 13.8 Å². The van der Waals surface area contributed by atoms with Gasteiger partial charge in [0.15, 0.2) is 0 Å². The second kappa shape index (κ2) is 7.35. The Morgan fingerprint density at radius 1 is 1.28 bits per heavy atom. The Balaban J connectivity index is 1.83. The van der Waals surface area contributed by atoms with E-state index in [9.17, 15) is 4.39 Å². The molecule has 0 amide bonds. The first kappa shape index (κ1) is 17.6. The van der Waals surface area contributed by atoms with Crippen LogP contribution in [0.2, 0.25) is 0 Å². The van der Waals surface area contributed by atoms with Crippen molar-refractivity contribution < 1.29 is 9.13 Å². The molecule has 1 aliphatic heterocycles. The predicted octanol–water partition coefficient (Wildman–Crippen LogP) is 3.41. The molecule has 2 heterocycles. The molecule has 6 heteroatoms. The van der Waals surface area contributed by atoms with E-state index >= 15 is 0 Å². The molecule has 5 nitrogen and oxygen atoms in total. The Bertz CT molecular complexity index is 742. The number of anilines is 1. The van der Waals surface area contributed by atoms with Crippen molar-refractivity contribution in [2.45, 2.75) is 32.7 Å². The van der Waals surface area contributed by atoms with Crippen LogP contribution in [0.1, 0.15) is 24.2 Å². The van der Waals surface area contributed by atoms with Crippen LogP contribution in [0.3, 0.4) is 0 Å². The summed E-state index contributed by atoms with van der Waals surface area (Å²) in [6.07, 6.45) is 2.42. The molecular formula is C19H25FN4O. The van der Waals surface area contributed by atoms with Crippen LogP contribution in [0.15, 0.2) is 18.2 Å². The summed E-state index contributed by atoms with van der Waals surface area (Å²) in [6, 6.07) is 5.37. The average Bonchev–Trinajstić information content (AvgIpc) is 2.98. The van der Waals surface area contributed by atoms with Crippen LogP contribution in [0, 0.1) is 19.7 Å². The maximum atomic E-state index is 14.4. The van der Waals surface area contributed by atoms with Gasteiger partial charge in [-0.05, 0) is 52.4 Å². The first-order valence-corrected chi connectivity index (χ1v) is 8.63. The number of hydrogen-bond acceptors (Lipinski definition) is 5. The lowest BCUT2D eigenvalue weighted by atomic mass is 10.0. The number of halogens is 1. The number of likely N-dealkylation sites (tertiary alicyclic amines) is 1. The molecule has 1 aromatic carbocycles. The molecule has 0 aliphatic carbocycles. The third-order valence-corrected chi connectivity index (χ3v) is 4.88. The summed E-state index contributed by atoms with van der Waals surface area (Å²) in [7, 11) is 3.67. The van der Waals surface area contributed by atoms with Crippen LogP contribution >= 0.6 is 0 Å². The van der Waals surface area contributed by atoms with Crippen molar-refractivity contribution in [3.63, 3.8) is 0 Å². The number of nitrogens with one attached hydrogen (secondary N) is 1. The number of aromatic nitrogens is 2. The normalized spacial score (nSPS) is 17.7.